The maximum Gasteiger partial charge on any atom is 0.314 e. The molecule has 0 radical (unpaired) electrons. The minimum Gasteiger partial charge on any atom is -0.469 e. The van der Waals surface area contributed by atoms with Crippen molar-refractivity contribution in [3.8, 4) is 0 Å². The van der Waals surface area contributed by atoms with E-state index >= 15 is 0 Å². The van der Waals surface area contributed by atoms with E-state index in [4.69, 9.17) is 14.2 Å². The fraction of sp³-hybridized carbons (Fsp3) is 0.562. The number of hydrogen-bond donors (Lipinski definition) is 0. The molecule has 116 valence electrons. The van der Waals surface area contributed by atoms with Crippen LogP contribution in [-0.2, 0) is 19.0 Å². The molecule has 1 heterocycles. The van der Waals surface area contributed by atoms with Crippen molar-refractivity contribution < 1.29 is 19.0 Å². The third-order valence-corrected chi connectivity index (χ3v) is 4.02. The Morgan fingerprint density at radius 3 is 2.19 bits per heavy atom. The number of carbonyl (C=O) groups excluding carboxylic acids is 1. The average Bonchev–Trinajstić information content (AvgIpc) is 2.94. The van der Waals surface area contributed by atoms with E-state index in [9.17, 15) is 4.79 Å². The van der Waals surface area contributed by atoms with Gasteiger partial charge in [0.2, 0.25) is 0 Å². The number of rotatable bonds is 6. The van der Waals surface area contributed by atoms with Gasteiger partial charge in [-0.15, -0.1) is 0 Å². The van der Waals surface area contributed by atoms with Gasteiger partial charge in [-0.2, -0.15) is 0 Å². The molecule has 0 bridgehead atoms. The van der Waals surface area contributed by atoms with Crippen molar-refractivity contribution in [1.82, 2.24) is 4.90 Å². The Bertz CT molecular complexity index is 439. The van der Waals surface area contributed by atoms with Crippen LogP contribution in [0.15, 0.2) is 30.3 Å². The lowest BCUT2D eigenvalue weighted by atomic mass is 9.99. The van der Waals surface area contributed by atoms with Crippen LogP contribution in [0.25, 0.3) is 0 Å². The van der Waals surface area contributed by atoms with Crippen LogP contribution in [0.3, 0.4) is 0 Å². The van der Waals surface area contributed by atoms with E-state index in [0.717, 1.165) is 18.7 Å². The molecule has 5 nitrogen and oxygen atoms in total. The van der Waals surface area contributed by atoms with Gasteiger partial charge in [-0.1, -0.05) is 30.3 Å². The Kier molecular flexibility index (Phi) is 5.73. The molecule has 3 atom stereocenters. The van der Waals surface area contributed by atoms with Crippen LogP contribution in [0.5, 0.6) is 0 Å². The number of hydrogen-bond acceptors (Lipinski definition) is 5. The molecule has 0 aliphatic carbocycles. The average molecular weight is 293 g/mol. The second kappa shape index (κ2) is 7.54. The van der Waals surface area contributed by atoms with Crippen molar-refractivity contribution in [3.05, 3.63) is 35.9 Å². The first-order chi connectivity index (χ1) is 10.2. The van der Waals surface area contributed by atoms with Crippen LogP contribution >= 0.6 is 0 Å². The fourth-order valence-electron chi connectivity index (χ4n) is 2.82. The SMILES string of the molecule is COC(=O)C(CN1CC(OC)C(OC)C1)c1ccccc1. The smallest absolute Gasteiger partial charge is 0.314 e. The summed E-state index contributed by atoms with van der Waals surface area (Å²) >= 11 is 0. The molecule has 5 heteroatoms. The van der Waals surface area contributed by atoms with Crippen LogP contribution in [0, 0.1) is 0 Å². The Balaban J connectivity index is 2.08. The maximum absolute atomic E-state index is 12.1. The highest BCUT2D eigenvalue weighted by Gasteiger charge is 2.35. The number of likely N-dealkylation sites (tertiary alicyclic amines) is 1. The van der Waals surface area contributed by atoms with Gasteiger partial charge in [-0.25, -0.2) is 0 Å². The van der Waals surface area contributed by atoms with Crippen LogP contribution < -0.4 is 0 Å². The lowest BCUT2D eigenvalue weighted by Gasteiger charge is -2.22. The van der Waals surface area contributed by atoms with E-state index in [1.165, 1.54) is 7.11 Å². The zero-order chi connectivity index (χ0) is 15.2. The lowest BCUT2D eigenvalue weighted by Crippen LogP contribution is -2.32. The van der Waals surface area contributed by atoms with Crippen LogP contribution in [0.1, 0.15) is 11.5 Å². The molecule has 1 aromatic rings. The van der Waals surface area contributed by atoms with Gasteiger partial charge in [0.05, 0.1) is 25.2 Å². The molecule has 1 aliphatic heterocycles. The highest BCUT2D eigenvalue weighted by atomic mass is 16.5. The Labute approximate surface area is 125 Å². The van der Waals surface area contributed by atoms with Gasteiger partial charge in [-0.3, -0.25) is 9.69 Å². The van der Waals surface area contributed by atoms with Crippen molar-refractivity contribution in [1.29, 1.82) is 0 Å². The number of methoxy groups -OCH3 is 3. The summed E-state index contributed by atoms with van der Waals surface area (Å²) in [4.78, 5) is 14.3. The summed E-state index contributed by atoms with van der Waals surface area (Å²) < 4.78 is 15.8. The second-order valence-electron chi connectivity index (χ2n) is 5.25. The van der Waals surface area contributed by atoms with Crippen LogP contribution in [0.2, 0.25) is 0 Å². The standard InChI is InChI=1S/C16H23NO4/c1-19-14-10-17(11-15(14)20-2)9-13(16(18)21-3)12-7-5-4-6-8-12/h4-8,13-15H,9-11H2,1-3H3. The molecule has 1 aliphatic rings. The molecule has 0 saturated carbocycles. The third kappa shape index (κ3) is 3.81. The molecule has 0 aromatic heterocycles. The van der Waals surface area contributed by atoms with Crippen molar-refractivity contribution in [2.45, 2.75) is 18.1 Å². The Morgan fingerprint density at radius 2 is 1.71 bits per heavy atom. The topological polar surface area (TPSA) is 48.0 Å². The largest absolute Gasteiger partial charge is 0.469 e. The van der Waals surface area contributed by atoms with E-state index in [1.54, 1.807) is 14.2 Å². The zero-order valence-electron chi connectivity index (χ0n) is 12.8. The molecule has 0 spiro atoms. The van der Waals surface area contributed by atoms with Gasteiger partial charge in [0.15, 0.2) is 0 Å². The summed E-state index contributed by atoms with van der Waals surface area (Å²) in [6.07, 6.45) is 0.0909. The van der Waals surface area contributed by atoms with Gasteiger partial charge in [0, 0.05) is 33.9 Å². The van der Waals surface area contributed by atoms with Crippen molar-refractivity contribution in [3.63, 3.8) is 0 Å². The monoisotopic (exact) mass is 293 g/mol. The second-order valence-corrected chi connectivity index (χ2v) is 5.25. The van der Waals surface area contributed by atoms with E-state index in [1.807, 2.05) is 30.3 Å². The van der Waals surface area contributed by atoms with Crippen LogP contribution in [-0.4, -0.2) is 64.0 Å². The Hall–Kier alpha value is -1.43. The molecule has 1 fully saturated rings. The van der Waals surface area contributed by atoms with Crippen molar-refractivity contribution >= 4 is 5.97 Å². The van der Waals surface area contributed by atoms with E-state index in [0.29, 0.717) is 6.54 Å². The molecular formula is C16H23NO4. The molecule has 21 heavy (non-hydrogen) atoms. The highest BCUT2D eigenvalue weighted by Crippen LogP contribution is 2.23. The molecule has 3 unspecified atom stereocenters. The molecule has 2 rings (SSSR count). The summed E-state index contributed by atoms with van der Waals surface area (Å²) in [7, 11) is 4.81. The highest BCUT2D eigenvalue weighted by molar-refractivity contribution is 5.78. The van der Waals surface area contributed by atoms with Gasteiger partial charge < -0.3 is 14.2 Å². The molecular weight excluding hydrogens is 270 g/mol. The van der Waals surface area contributed by atoms with Gasteiger partial charge in [0.25, 0.3) is 0 Å². The quantitative estimate of drug-likeness (QED) is 0.740. The first-order valence-electron chi connectivity index (χ1n) is 7.10. The third-order valence-electron chi connectivity index (χ3n) is 4.02. The van der Waals surface area contributed by atoms with Crippen molar-refractivity contribution in [2.75, 3.05) is 41.0 Å². The molecule has 1 saturated heterocycles. The van der Waals surface area contributed by atoms with Gasteiger partial charge in [-0.05, 0) is 5.56 Å². The first kappa shape index (κ1) is 15.9. The number of benzene rings is 1. The normalized spacial score (nSPS) is 24.0. The predicted octanol–water partition coefficient (Wildman–Crippen LogP) is 1.29. The number of carbonyl (C=O) groups is 1. The van der Waals surface area contributed by atoms with E-state index in [-0.39, 0.29) is 24.1 Å². The summed E-state index contributed by atoms with van der Waals surface area (Å²) in [6, 6.07) is 9.73. The van der Waals surface area contributed by atoms with Crippen LogP contribution in [0.4, 0.5) is 0 Å². The molecule has 0 N–H and O–H groups in total. The first-order valence-corrected chi connectivity index (χ1v) is 7.10. The van der Waals surface area contributed by atoms with E-state index in [2.05, 4.69) is 4.90 Å². The van der Waals surface area contributed by atoms with Gasteiger partial charge in [0.1, 0.15) is 0 Å². The minimum atomic E-state index is -0.288. The summed E-state index contributed by atoms with van der Waals surface area (Å²) in [6.45, 7) is 2.13. The van der Waals surface area contributed by atoms with Gasteiger partial charge >= 0.3 is 5.97 Å². The number of ether oxygens (including phenoxy) is 3. The maximum atomic E-state index is 12.1. The summed E-state index contributed by atoms with van der Waals surface area (Å²) in [5.41, 5.74) is 0.971. The van der Waals surface area contributed by atoms with Crippen molar-refractivity contribution in [2.24, 2.45) is 0 Å². The summed E-state index contributed by atoms with van der Waals surface area (Å²) in [5.74, 6) is -0.500. The fourth-order valence-corrected chi connectivity index (χ4v) is 2.82. The minimum absolute atomic E-state index is 0.0454. The molecule has 1 aromatic carbocycles. The number of esters is 1. The zero-order valence-corrected chi connectivity index (χ0v) is 12.8. The predicted molar refractivity (Wildman–Crippen MR) is 79.2 cm³/mol. The Morgan fingerprint density at radius 1 is 1.14 bits per heavy atom. The molecule has 0 amide bonds. The lowest BCUT2D eigenvalue weighted by molar-refractivity contribution is -0.142. The number of nitrogens with zero attached hydrogens (tertiary/aromatic N) is 1. The van der Waals surface area contributed by atoms with E-state index < -0.39 is 0 Å². The summed E-state index contributed by atoms with van der Waals surface area (Å²) in [5, 5.41) is 0.